The van der Waals surface area contributed by atoms with Crippen molar-refractivity contribution in [2.24, 2.45) is 0 Å². The maximum absolute atomic E-state index is 13.3. The van der Waals surface area contributed by atoms with E-state index in [1.54, 1.807) is 72.8 Å². The van der Waals surface area contributed by atoms with Gasteiger partial charge in [0.2, 0.25) is 0 Å². The molecule has 0 saturated carbocycles. The third-order valence-corrected chi connectivity index (χ3v) is 10.1. The summed E-state index contributed by atoms with van der Waals surface area (Å²) >= 11 is 0. The van der Waals surface area contributed by atoms with Gasteiger partial charge in [-0.15, -0.1) is 0 Å². The van der Waals surface area contributed by atoms with Crippen LogP contribution in [0.1, 0.15) is 144 Å². The van der Waals surface area contributed by atoms with Crippen LogP contribution in [-0.2, 0) is 9.47 Å². The van der Waals surface area contributed by atoms with E-state index in [1.165, 1.54) is 99.9 Å². The fourth-order valence-corrected chi connectivity index (χ4v) is 6.47. The third kappa shape index (κ3) is 15.9. The van der Waals surface area contributed by atoms with Gasteiger partial charge in [-0.25, -0.2) is 19.2 Å². The van der Waals surface area contributed by atoms with Gasteiger partial charge in [-0.3, -0.25) is 0 Å². The van der Waals surface area contributed by atoms with Crippen LogP contribution in [0.25, 0.3) is 0 Å². The average Bonchev–Trinajstić information content (AvgIpc) is 3.30. The van der Waals surface area contributed by atoms with E-state index in [-0.39, 0.29) is 29.2 Å². The zero-order valence-corrected chi connectivity index (χ0v) is 35.9. The monoisotopic (exact) mass is 842 g/mol. The van der Waals surface area contributed by atoms with Crippen LogP contribution in [0.2, 0.25) is 0 Å². The number of hydrogen-bond donors (Lipinski definition) is 0. The Morgan fingerprint density at radius 1 is 0.403 bits per heavy atom. The number of carbonyl (C=O) groups is 4. The van der Waals surface area contributed by atoms with Gasteiger partial charge in [-0.1, -0.05) is 108 Å². The molecule has 0 saturated heterocycles. The first-order valence-corrected chi connectivity index (χ1v) is 21.9. The standard InChI is InChI=1S/C52H58O10/c1-3-5-7-9-11-16-36-57-44-28-20-41(21-29-44)50(54)60-46-32-24-40(25-33-46)49(53)59-38-48(39-18-14-13-15-19-39)62-52(56)43-26-34-47(35-27-43)61-51(55)42-22-30-45(31-23-42)58-37-17-12-10-8-6-4-2/h13-15,18-35,48H,3-12,16-17,36-38H2,1-2H3. The molecule has 62 heavy (non-hydrogen) atoms. The van der Waals surface area contributed by atoms with Crippen molar-refractivity contribution in [2.75, 3.05) is 19.8 Å². The van der Waals surface area contributed by atoms with E-state index in [2.05, 4.69) is 13.8 Å². The average molecular weight is 843 g/mol. The number of benzene rings is 5. The van der Waals surface area contributed by atoms with Crippen LogP contribution in [0.4, 0.5) is 0 Å². The molecule has 1 atom stereocenters. The summed E-state index contributed by atoms with van der Waals surface area (Å²) in [4.78, 5) is 52.0. The van der Waals surface area contributed by atoms with E-state index < -0.39 is 30.0 Å². The topological polar surface area (TPSA) is 124 Å². The number of unbranched alkanes of at least 4 members (excludes halogenated alkanes) is 10. The number of hydrogen-bond acceptors (Lipinski definition) is 10. The zero-order valence-electron chi connectivity index (χ0n) is 35.9. The molecule has 0 radical (unpaired) electrons. The SMILES string of the molecule is CCCCCCCCOc1ccc(C(=O)Oc2ccc(C(=O)OCC(OC(=O)c3ccc(OC(=O)c4ccc(OCCCCCCCC)cc4)cc3)c3ccccc3)cc2)cc1. The van der Waals surface area contributed by atoms with Crippen LogP contribution < -0.4 is 18.9 Å². The first-order valence-electron chi connectivity index (χ1n) is 21.9. The molecule has 5 aromatic carbocycles. The van der Waals surface area contributed by atoms with Crippen LogP contribution in [0.5, 0.6) is 23.0 Å². The van der Waals surface area contributed by atoms with Gasteiger partial charge in [0, 0.05) is 0 Å². The quantitative estimate of drug-likeness (QED) is 0.0302. The molecule has 0 fully saturated rings. The summed E-state index contributed by atoms with van der Waals surface area (Å²) in [5.41, 5.74) is 1.77. The van der Waals surface area contributed by atoms with Crippen LogP contribution in [0.15, 0.2) is 127 Å². The Hall–Kier alpha value is -6.42. The molecule has 0 aliphatic carbocycles. The Bertz CT molecular complexity index is 2100. The van der Waals surface area contributed by atoms with E-state index >= 15 is 0 Å². The normalized spacial score (nSPS) is 11.3. The largest absolute Gasteiger partial charge is 0.494 e. The number of carbonyl (C=O) groups excluding carboxylic acids is 4. The van der Waals surface area contributed by atoms with Crippen molar-refractivity contribution in [3.05, 3.63) is 155 Å². The summed E-state index contributed by atoms with van der Waals surface area (Å²) in [6.45, 7) is 5.40. The van der Waals surface area contributed by atoms with Gasteiger partial charge in [0.15, 0.2) is 6.10 Å². The summed E-state index contributed by atoms with van der Waals surface area (Å²) in [5, 5.41) is 0. The van der Waals surface area contributed by atoms with Crippen molar-refractivity contribution in [3.63, 3.8) is 0 Å². The number of esters is 4. The Kier molecular flexibility index (Phi) is 19.6. The molecule has 10 nitrogen and oxygen atoms in total. The fourth-order valence-electron chi connectivity index (χ4n) is 6.47. The smallest absolute Gasteiger partial charge is 0.343 e. The van der Waals surface area contributed by atoms with Gasteiger partial charge in [0.1, 0.15) is 29.6 Å². The molecule has 0 heterocycles. The highest BCUT2D eigenvalue weighted by atomic mass is 16.6. The molecule has 10 heteroatoms. The Morgan fingerprint density at radius 2 is 0.774 bits per heavy atom. The van der Waals surface area contributed by atoms with Gasteiger partial charge in [0.05, 0.1) is 35.5 Å². The fraction of sp³-hybridized carbons (Fsp3) is 0.346. The lowest BCUT2D eigenvalue weighted by Gasteiger charge is -2.18. The van der Waals surface area contributed by atoms with E-state index in [1.807, 2.05) is 6.07 Å². The molecule has 0 aliphatic rings. The minimum atomic E-state index is -0.921. The lowest BCUT2D eigenvalue weighted by molar-refractivity contribution is -0.00134. The van der Waals surface area contributed by atoms with Crippen molar-refractivity contribution in [1.29, 1.82) is 0 Å². The molecule has 5 aromatic rings. The minimum absolute atomic E-state index is 0.210. The molecule has 0 N–H and O–H groups in total. The van der Waals surface area contributed by atoms with E-state index in [9.17, 15) is 19.2 Å². The predicted octanol–water partition coefficient (Wildman–Crippen LogP) is 12.4. The minimum Gasteiger partial charge on any atom is -0.494 e. The Labute approximate surface area is 365 Å². The van der Waals surface area contributed by atoms with Crippen molar-refractivity contribution >= 4 is 23.9 Å². The molecule has 0 bridgehead atoms. The molecule has 0 aromatic heterocycles. The summed E-state index contributed by atoms with van der Waals surface area (Å²) in [6, 6.07) is 34.5. The summed E-state index contributed by atoms with van der Waals surface area (Å²) in [6.07, 6.45) is 13.2. The molecule has 0 aliphatic heterocycles. The van der Waals surface area contributed by atoms with E-state index in [0.29, 0.717) is 41.4 Å². The molecule has 0 spiro atoms. The van der Waals surface area contributed by atoms with E-state index in [0.717, 1.165) is 25.7 Å². The number of ether oxygens (including phenoxy) is 6. The highest BCUT2D eigenvalue weighted by Crippen LogP contribution is 2.24. The summed E-state index contributed by atoms with van der Waals surface area (Å²) in [7, 11) is 0. The predicted molar refractivity (Wildman–Crippen MR) is 238 cm³/mol. The molecule has 0 amide bonds. The Balaban J connectivity index is 1.07. The van der Waals surface area contributed by atoms with Gasteiger partial charge < -0.3 is 28.4 Å². The van der Waals surface area contributed by atoms with Gasteiger partial charge >= 0.3 is 23.9 Å². The molecule has 5 rings (SSSR count). The van der Waals surface area contributed by atoms with Crippen molar-refractivity contribution in [1.82, 2.24) is 0 Å². The second-order valence-electron chi connectivity index (χ2n) is 15.0. The first kappa shape index (κ1) is 46.6. The van der Waals surface area contributed by atoms with Crippen LogP contribution in [-0.4, -0.2) is 43.7 Å². The van der Waals surface area contributed by atoms with Crippen LogP contribution in [0, 0.1) is 0 Å². The van der Waals surface area contributed by atoms with Gasteiger partial charge in [-0.05, 0) is 115 Å². The van der Waals surface area contributed by atoms with Gasteiger partial charge in [-0.2, -0.15) is 0 Å². The highest BCUT2D eigenvalue weighted by Gasteiger charge is 2.22. The summed E-state index contributed by atoms with van der Waals surface area (Å²) in [5.74, 6) is -0.514. The highest BCUT2D eigenvalue weighted by molar-refractivity contribution is 5.93. The Morgan fingerprint density at radius 3 is 1.21 bits per heavy atom. The van der Waals surface area contributed by atoms with Crippen LogP contribution >= 0.6 is 0 Å². The van der Waals surface area contributed by atoms with Crippen molar-refractivity contribution < 1.29 is 47.6 Å². The lowest BCUT2D eigenvalue weighted by atomic mass is 10.1. The van der Waals surface area contributed by atoms with Gasteiger partial charge in [0.25, 0.3) is 0 Å². The molecular formula is C52H58O10. The lowest BCUT2D eigenvalue weighted by Crippen LogP contribution is -2.19. The van der Waals surface area contributed by atoms with Crippen molar-refractivity contribution in [3.8, 4) is 23.0 Å². The maximum Gasteiger partial charge on any atom is 0.343 e. The molecule has 326 valence electrons. The summed E-state index contributed by atoms with van der Waals surface area (Å²) < 4.78 is 34.1. The van der Waals surface area contributed by atoms with E-state index in [4.69, 9.17) is 28.4 Å². The third-order valence-electron chi connectivity index (χ3n) is 10.1. The first-order chi connectivity index (χ1) is 30.3. The second kappa shape index (κ2) is 26.0. The molecular weight excluding hydrogens is 785 g/mol. The number of rotatable bonds is 26. The molecule has 1 unspecified atom stereocenters. The van der Waals surface area contributed by atoms with Crippen molar-refractivity contribution in [2.45, 2.75) is 97.0 Å². The zero-order chi connectivity index (χ0) is 43.8. The second-order valence-corrected chi connectivity index (χ2v) is 15.0. The maximum atomic E-state index is 13.3. The van der Waals surface area contributed by atoms with Crippen LogP contribution in [0.3, 0.4) is 0 Å².